The Balaban J connectivity index is 1.19. The summed E-state index contributed by atoms with van der Waals surface area (Å²) in [7, 11) is 0. The second-order valence-corrected chi connectivity index (χ2v) is 15.5. The number of anilines is 2. The molecule has 4 aromatic heterocycles. The Morgan fingerprint density at radius 2 is 1.68 bits per heavy atom. The Hall–Kier alpha value is -2.66. The average molecular weight is 694 g/mol. The molecule has 4 aromatic rings. The maximum atomic E-state index is 16.0. The van der Waals surface area contributed by atoms with Gasteiger partial charge in [0.15, 0.2) is 41.0 Å². The maximum Gasteiger partial charge on any atom is 0.325 e. The van der Waals surface area contributed by atoms with Crippen LogP contribution in [0.15, 0.2) is 17.1 Å². The van der Waals surface area contributed by atoms with Crippen molar-refractivity contribution in [3.63, 3.8) is 0 Å². The van der Waals surface area contributed by atoms with E-state index in [1.807, 2.05) is 0 Å². The number of alkyl halides is 1. The summed E-state index contributed by atoms with van der Waals surface area (Å²) in [5.41, 5.74) is 11.4. The monoisotopic (exact) mass is 693 g/mol. The Bertz CT molecular complexity index is 1910. The highest BCUT2D eigenvalue weighted by atomic mass is 32.5. The molecule has 0 radical (unpaired) electrons. The predicted molar refractivity (Wildman–Crippen MR) is 152 cm³/mol. The maximum absolute atomic E-state index is 16.0. The molecule has 9 atom stereocenters. The van der Waals surface area contributed by atoms with Crippen molar-refractivity contribution in [1.29, 1.82) is 0 Å². The number of ether oxygens (including phenoxy) is 2. The van der Waals surface area contributed by atoms with Crippen LogP contribution in [-0.2, 0) is 51.2 Å². The van der Waals surface area contributed by atoms with Crippen molar-refractivity contribution in [2.75, 3.05) is 24.7 Å². The van der Waals surface area contributed by atoms with E-state index in [0.29, 0.717) is 0 Å². The Labute approximate surface area is 254 Å². The van der Waals surface area contributed by atoms with Crippen LogP contribution in [-0.4, -0.2) is 98.5 Å². The molecule has 25 heteroatoms. The van der Waals surface area contributed by atoms with Gasteiger partial charge in [-0.1, -0.05) is 10.4 Å². The van der Waals surface area contributed by atoms with E-state index < -0.39 is 68.6 Å². The van der Waals surface area contributed by atoms with Crippen LogP contribution < -0.4 is 17.0 Å². The number of hydrogen-bond acceptors (Lipinski definition) is 17. The number of nitrogen functional groups attached to an aromatic ring is 2. The van der Waals surface area contributed by atoms with Crippen molar-refractivity contribution in [1.82, 2.24) is 44.9 Å². The Morgan fingerprint density at radius 3 is 2.48 bits per heavy atom. The first-order valence-corrected chi connectivity index (χ1v) is 17.9. The van der Waals surface area contributed by atoms with Crippen LogP contribution in [0.3, 0.4) is 0 Å². The average Bonchev–Trinajstić information content (AvgIpc) is 3.72. The van der Waals surface area contributed by atoms with Gasteiger partial charge in [-0.3, -0.25) is 14.3 Å². The molecule has 2 unspecified atom stereocenters. The lowest BCUT2D eigenvalue weighted by atomic mass is 10.1. The largest absolute Gasteiger partial charge is 0.397 e. The normalized spacial score (nSPS) is 36.6. The van der Waals surface area contributed by atoms with Crippen molar-refractivity contribution < 1.29 is 41.7 Å². The van der Waals surface area contributed by atoms with Crippen LogP contribution in [0.5, 0.6) is 0 Å². The van der Waals surface area contributed by atoms with Gasteiger partial charge in [0.1, 0.15) is 18.3 Å². The van der Waals surface area contributed by atoms with Gasteiger partial charge in [-0.25, -0.2) is 9.37 Å². The van der Waals surface area contributed by atoms with E-state index in [1.165, 1.54) is 12.3 Å². The van der Waals surface area contributed by atoms with Gasteiger partial charge < -0.3 is 44.3 Å². The van der Waals surface area contributed by atoms with Gasteiger partial charge in [0, 0.05) is 12.6 Å². The summed E-state index contributed by atoms with van der Waals surface area (Å²) in [5.74, 6) is -0.203. The van der Waals surface area contributed by atoms with Gasteiger partial charge >= 0.3 is 13.4 Å². The molecule has 7 rings (SSSR count). The second-order valence-electron chi connectivity index (χ2n) is 9.90. The molecule has 0 aromatic carbocycles. The Morgan fingerprint density at radius 1 is 0.977 bits per heavy atom. The molecule has 20 nitrogen and oxygen atoms in total. The van der Waals surface area contributed by atoms with Gasteiger partial charge in [-0.15, -0.1) is 10.2 Å². The number of pyridine rings is 1. The van der Waals surface area contributed by atoms with Crippen molar-refractivity contribution in [3.8, 4) is 0 Å². The minimum Gasteiger partial charge on any atom is -0.397 e. The Kier molecular flexibility index (Phi) is 7.50. The van der Waals surface area contributed by atoms with Crippen molar-refractivity contribution in [2.45, 2.75) is 49.5 Å². The number of hydrogen-bond donors (Lipinski definition) is 5. The van der Waals surface area contributed by atoms with E-state index in [-0.39, 0.29) is 47.0 Å². The molecule has 0 aliphatic carbocycles. The van der Waals surface area contributed by atoms with Crippen molar-refractivity contribution in [3.05, 3.63) is 22.6 Å². The molecule has 7 N–H and O–H groups in total. The van der Waals surface area contributed by atoms with E-state index in [4.69, 9.17) is 62.6 Å². The van der Waals surface area contributed by atoms with Crippen LogP contribution in [0.25, 0.3) is 22.3 Å². The van der Waals surface area contributed by atoms with Gasteiger partial charge in [0.2, 0.25) is 5.95 Å². The fraction of sp³-hybridized carbons (Fsp3) is 0.526. The van der Waals surface area contributed by atoms with E-state index in [9.17, 15) is 14.6 Å². The first kappa shape index (κ1) is 30.0. The van der Waals surface area contributed by atoms with Gasteiger partial charge in [0.25, 0.3) is 5.56 Å². The fourth-order valence-electron chi connectivity index (χ4n) is 5.08. The summed E-state index contributed by atoms with van der Waals surface area (Å²) in [6.45, 7) is -9.17. The van der Waals surface area contributed by atoms with Crippen LogP contribution in [0.1, 0.15) is 18.9 Å². The molecule has 0 amide bonds. The summed E-state index contributed by atoms with van der Waals surface area (Å²) in [4.78, 5) is 44.8. The highest BCUT2D eigenvalue weighted by Gasteiger charge is 2.52. The van der Waals surface area contributed by atoms with Gasteiger partial charge in [-0.05, 0) is 29.7 Å². The van der Waals surface area contributed by atoms with E-state index in [0.717, 1.165) is 9.36 Å². The molecule has 3 aliphatic heterocycles. The lowest BCUT2D eigenvalue weighted by Crippen LogP contribution is -2.34. The summed E-state index contributed by atoms with van der Waals surface area (Å²) in [6, 6.07) is 1.50. The quantitative estimate of drug-likeness (QED) is 0.162. The van der Waals surface area contributed by atoms with E-state index in [1.54, 1.807) is 0 Å². The third-order valence-electron chi connectivity index (χ3n) is 6.99. The molecule has 3 aliphatic rings. The molecule has 236 valence electrons. The summed E-state index contributed by atoms with van der Waals surface area (Å²) >= 11 is 10.4. The van der Waals surface area contributed by atoms with Gasteiger partial charge in [0.05, 0.1) is 25.0 Å². The molecular formula is C19H22FN11O9P2S2. The molecule has 2 bridgehead atoms. The topological polar surface area (TPSA) is 268 Å². The molecular weight excluding hydrogens is 671 g/mol. The zero-order chi connectivity index (χ0) is 31.0. The van der Waals surface area contributed by atoms with Crippen LogP contribution in [0, 0.1) is 0 Å². The number of aromatic nitrogens is 9. The first-order chi connectivity index (χ1) is 20.9. The van der Waals surface area contributed by atoms with E-state index in [2.05, 4.69) is 35.6 Å². The standard InChI is InChI=1S/C19H22FN11O9P2S2/c20-10-13-9(38-18(10)30-14-11(26-28-30)7(21)1-2-23-14)5-36-41(33,43)39-8-3-6(4-35-42(34,44)40-13)37-17(8)31-15-12(27-29-31)16(32)25-19(22)24-15/h1-2,6,8-10,13,17-18H,3-5H2,(H2,21,23)(H,33,43)(H,34,44)(H3,22,24,25,32)/t6-,8+,9+,10-,13+,17+,18+,41?,42?/m0/s1. The lowest BCUT2D eigenvalue weighted by molar-refractivity contribution is -0.0651. The highest BCUT2D eigenvalue weighted by molar-refractivity contribution is 8.07. The van der Waals surface area contributed by atoms with Crippen molar-refractivity contribution >= 4 is 71.0 Å². The number of nitrogens with zero attached hydrogens (tertiary/aromatic N) is 8. The minimum atomic E-state index is -4.15. The van der Waals surface area contributed by atoms with E-state index >= 15 is 4.39 Å². The molecule has 44 heavy (non-hydrogen) atoms. The molecule has 3 saturated heterocycles. The zero-order valence-electron chi connectivity index (χ0n) is 21.9. The number of halogens is 1. The zero-order valence-corrected chi connectivity index (χ0v) is 25.3. The summed E-state index contributed by atoms with van der Waals surface area (Å²) in [5, 5.41) is 15.6. The third kappa shape index (κ3) is 5.42. The first-order valence-electron chi connectivity index (χ1n) is 12.7. The van der Waals surface area contributed by atoms with Crippen molar-refractivity contribution in [2.24, 2.45) is 0 Å². The third-order valence-corrected chi connectivity index (χ3v) is 10.1. The fourth-order valence-corrected chi connectivity index (χ4v) is 7.98. The number of fused-ring (bicyclic) bond motifs is 5. The molecule has 0 saturated carbocycles. The molecule has 3 fully saturated rings. The molecule has 7 heterocycles. The van der Waals surface area contributed by atoms with Crippen LogP contribution in [0.2, 0.25) is 0 Å². The highest BCUT2D eigenvalue weighted by Crippen LogP contribution is 2.54. The van der Waals surface area contributed by atoms with Gasteiger partial charge in [-0.2, -0.15) is 14.3 Å². The minimum absolute atomic E-state index is 0.0228. The number of H-pyrrole nitrogens is 1. The van der Waals surface area contributed by atoms with Crippen LogP contribution >= 0.6 is 13.4 Å². The smallest absolute Gasteiger partial charge is 0.325 e. The SMILES string of the molecule is Nc1nc2c(nnn2[C@@H]2O[C@@H]3COP(O)(=S)O[C@H]4[C@H](F)[C@H](n5nnc6c(N)ccnc65)O[C@@H]4COP(O)(=S)O[C@@H]2C3)c(=O)[nH]1. The number of rotatable bonds is 2. The summed E-state index contributed by atoms with van der Waals surface area (Å²) in [6.07, 6.45) is -7.97. The molecule has 0 spiro atoms. The number of nitrogens with one attached hydrogen (secondary N) is 1. The lowest BCUT2D eigenvalue weighted by Gasteiger charge is -2.27. The number of nitrogens with two attached hydrogens (primary N) is 2. The second kappa shape index (κ2) is 11.0. The summed E-state index contributed by atoms with van der Waals surface area (Å²) < 4.78 is 52.5. The number of aromatic amines is 1. The predicted octanol–water partition coefficient (Wildman–Crippen LogP) is -0.707. The van der Waals surface area contributed by atoms with Crippen LogP contribution in [0.4, 0.5) is 16.0 Å².